The average Bonchev–Trinajstić information content (AvgIpc) is 3.20. The highest BCUT2D eigenvalue weighted by Gasteiger charge is 2.28. The Morgan fingerprint density at radius 2 is 0.966 bits per heavy atom. The topological polar surface area (TPSA) is 172 Å². The van der Waals surface area contributed by atoms with E-state index in [-0.39, 0.29) is 19.4 Å². The largest absolute Gasteiger partial charge is 0.480 e. The Morgan fingerprint density at radius 3 is 1.50 bits per heavy atom. The molecule has 12 heteroatoms. The Labute approximate surface area is 351 Å². The Hall–Kier alpha value is -2.82. The van der Waals surface area contributed by atoms with Gasteiger partial charge >= 0.3 is 25.7 Å². The number of esters is 2. The highest BCUT2D eigenvalue weighted by atomic mass is 31.2. The third-order valence-corrected chi connectivity index (χ3v) is 10.2. The first-order chi connectivity index (χ1) is 28.1. The summed E-state index contributed by atoms with van der Waals surface area (Å²) in [4.78, 5) is 46.0. The predicted molar refractivity (Wildman–Crippen MR) is 235 cm³/mol. The van der Waals surface area contributed by atoms with Crippen LogP contribution < -0.4 is 5.73 Å². The molecule has 0 fully saturated rings. The predicted octanol–water partition coefficient (Wildman–Crippen LogP) is 12.0. The summed E-state index contributed by atoms with van der Waals surface area (Å²) in [6.45, 7) is 2.64. The summed E-state index contributed by atoms with van der Waals surface area (Å²) in [5, 5.41) is 8.89. The molecule has 3 unspecified atom stereocenters. The summed E-state index contributed by atoms with van der Waals surface area (Å²) < 4.78 is 32.7. The van der Waals surface area contributed by atoms with E-state index in [1.165, 1.54) is 83.5 Å². The van der Waals surface area contributed by atoms with Crippen LogP contribution in [-0.4, -0.2) is 59.9 Å². The van der Waals surface area contributed by atoms with Crippen molar-refractivity contribution in [3.8, 4) is 0 Å². The first-order valence-corrected chi connectivity index (χ1v) is 23.8. The highest BCUT2D eigenvalue weighted by Crippen LogP contribution is 2.43. The minimum atomic E-state index is -4.73. The van der Waals surface area contributed by atoms with E-state index in [0.717, 1.165) is 57.8 Å². The van der Waals surface area contributed by atoms with Crippen molar-refractivity contribution in [1.29, 1.82) is 0 Å². The summed E-state index contributed by atoms with van der Waals surface area (Å²) in [7, 11) is -4.73. The Bertz CT molecular complexity index is 1210. The van der Waals surface area contributed by atoms with Crippen molar-refractivity contribution >= 4 is 25.7 Å². The maximum atomic E-state index is 12.6. The number of carbonyl (C=O) groups is 3. The van der Waals surface area contributed by atoms with Crippen LogP contribution in [0.3, 0.4) is 0 Å². The number of ether oxygens (including phenoxy) is 2. The second-order valence-electron chi connectivity index (χ2n) is 14.8. The van der Waals surface area contributed by atoms with Crippen molar-refractivity contribution in [2.75, 3.05) is 19.8 Å². The first-order valence-electron chi connectivity index (χ1n) is 22.3. The lowest BCUT2D eigenvalue weighted by molar-refractivity contribution is -0.161. The zero-order valence-electron chi connectivity index (χ0n) is 36.1. The van der Waals surface area contributed by atoms with Crippen LogP contribution in [0.1, 0.15) is 181 Å². The van der Waals surface area contributed by atoms with E-state index in [1.807, 2.05) is 0 Å². The van der Waals surface area contributed by atoms with Crippen LogP contribution in [0.5, 0.6) is 0 Å². The lowest BCUT2D eigenvalue weighted by atomic mass is 10.1. The Balaban J connectivity index is 4.38. The van der Waals surface area contributed by atoms with Gasteiger partial charge in [-0.1, -0.05) is 152 Å². The number of carbonyl (C=O) groups excluding carboxylic acids is 2. The van der Waals surface area contributed by atoms with Crippen LogP contribution in [0.15, 0.2) is 60.8 Å². The van der Waals surface area contributed by atoms with Crippen molar-refractivity contribution in [1.82, 2.24) is 0 Å². The number of hydrogen-bond acceptors (Lipinski definition) is 9. The number of aliphatic carboxylic acids is 1. The number of nitrogens with two attached hydrogens (primary N) is 1. The number of phosphoric ester groups is 1. The minimum absolute atomic E-state index is 0.107. The van der Waals surface area contributed by atoms with Crippen molar-refractivity contribution in [3.05, 3.63) is 60.8 Å². The average molecular weight is 838 g/mol. The van der Waals surface area contributed by atoms with Crippen LogP contribution in [0.25, 0.3) is 0 Å². The van der Waals surface area contributed by atoms with E-state index in [0.29, 0.717) is 12.8 Å². The molecular weight excluding hydrogens is 757 g/mol. The van der Waals surface area contributed by atoms with Gasteiger partial charge in [-0.05, 0) is 77.0 Å². The lowest BCUT2D eigenvalue weighted by Gasteiger charge is -2.20. The number of carboxylic acids is 1. The van der Waals surface area contributed by atoms with Crippen LogP contribution in [0, 0.1) is 0 Å². The van der Waals surface area contributed by atoms with Gasteiger partial charge in [-0.2, -0.15) is 0 Å². The maximum Gasteiger partial charge on any atom is 0.472 e. The van der Waals surface area contributed by atoms with Crippen LogP contribution >= 0.6 is 7.82 Å². The summed E-state index contributed by atoms with van der Waals surface area (Å²) in [6.07, 6.45) is 47.2. The molecule has 0 radical (unpaired) electrons. The van der Waals surface area contributed by atoms with Gasteiger partial charge in [-0.25, -0.2) is 4.57 Å². The zero-order chi connectivity index (χ0) is 42.8. The summed E-state index contributed by atoms with van der Waals surface area (Å²) in [5.41, 5.74) is 5.33. The molecule has 0 aromatic carbocycles. The molecular formula is C46H80NO10P. The number of hydrogen-bond donors (Lipinski definition) is 3. The quantitative estimate of drug-likeness (QED) is 0.0231. The molecule has 0 saturated carbocycles. The molecule has 0 aromatic rings. The Kier molecular flexibility index (Phi) is 38.9. The zero-order valence-corrected chi connectivity index (χ0v) is 37.0. The fraction of sp³-hybridized carbons (Fsp3) is 0.717. The van der Waals surface area contributed by atoms with E-state index in [9.17, 15) is 23.8 Å². The molecule has 3 atom stereocenters. The molecule has 0 spiro atoms. The van der Waals surface area contributed by atoms with Gasteiger partial charge in [0.25, 0.3) is 0 Å². The van der Waals surface area contributed by atoms with Crippen LogP contribution in [-0.2, 0) is 37.5 Å². The number of carboxylic acid groups (broad SMARTS) is 1. The van der Waals surface area contributed by atoms with Crippen molar-refractivity contribution in [3.63, 3.8) is 0 Å². The molecule has 58 heavy (non-hydrogen) atoms. The maximum absolute atomic E-state index is 12.6. The van der Waals surface area contributed by atoms with Gasteiger partial charge in [-0.15, -0.1) is 0 Å². The first kappa shape index (κ1) is 55.2. The van der Waals surface area contributed by atoms with Crippen LogP contribution in [0.4, 0.5) is 0 Å². The van der Waals surface area contributed by atoms with Gasteiger partial charge in [0, 0.05) is 12.8 Å². The molecule has 4 N–H and O–H groups in total. The fourth-order valence-electron chi connectivity index (χ4n) is 5.76. The molecule has 0 saturated heterocycles. The molecule has 0 aliphatic rings. The second kappa shape index (κ2) is 40.9. The molecule has 0 aromatic heterocycles. The lowest BCUT2D eigenvalue weighted by Crippen LogP contribution is -2.34. The Morgan fingerprint density at radius 1 is 0.552 bits per heavy atom. The molecule has 0 amide bonds. The van der Waals surface area contributed by atoms with Crippen molar-refractivity contribution < 1.29 is 47.5 Å². The van der Waals surface area contributed by atoms with E-state index < -0.39 is 51.1 Å². The minimum Gasteiger partial charge on any atom is -0.480 e. The van der Waals surface area contributed by atoms with Gasteiger partial charge in [0.15, 0.2) is 6.10 Å². The standard InChI is InChI=1S/C46H80NO10P/c1-3-5-7-9-11-13-15-17-19-20-21-22-24-25-27-29-31-33-35-37-44(48)54-39-42(40-55-58(52,53)56-41-43(47)46(50)51)57-45(49)38-36-34-32-30-28-26-23-18-16-14-12-10-8-6-4-2/h6,8,12,14,17-19,23,28,30,42-43H,3-5,7,9-11,13,15-16,20-22,24-27,29,31-41,47H2,1-2H3,(H,50,51)(H,52,53)/b8-6-,14-12-,19-17-,23-18-,30-28-. The summed E-state index contributed by atoms with van der Waals surface area (Å²) in [6, 6.07) is -1.53. The smallest absolute Gasteiger partial charge is 0.472 e. The van der Waals surface area contributed by atoms with Gasteiger partial charge in [-0.3, -0.25) is 23.4 Å². The summed E-state index contributed by atoms with van der Waals surface area (Å²) in [5.74, 6) is -2.44. The van der Waals surface area contributed by atoms with Gasteiger partial charge in [0.1, 0.15) is 12.6 Å². The molecule has 334 valence electrons. The van der Waals surface area contributed by atoms with Crippen molar-refractivity contribution in [2.24, 2.45) is 5.73 Å². The molecule has 0 bridgehead atoms. The van der Waals surface area contributed by atoms with E-state index in [4.69, 9.17) is 24.8 Å². The molecule has 11 nitrogen and oxygen atoms in total. The van der Waals surface area contributed by atoms with Gasteiger partial charge < -0.3 is 25.2 Å². The number of unbranched alkanes of at least 4 members (excludes halogenated alkanes) is 17. The number of rotatable bonds is 41. The number of allylic oxidation sites excluding steroid dienone is 10. The molecule has 0 rings (SSSR count). The molecule has 0 aliphatic heterocycles. The van der Waals surface area contributed by atoms with E-state index in [2.05, 4.69) is 79.1 Å². The third kappa shape index (κ3) is 40.0. The second-order valence-corrected chi connectivity index (χ2v) is 16.2. The molecule has 0 heterocycles. The van der Waals surface area contributed by atoms with Gasteiger partial charge in [0.2, 0.25) is 0 Å². The fourth-order valence-corrected chi connectivity index (χ4v) is 6.53. The highest BCUT2D eigenvalue weighted by molar-refractivity contribution is 7.47. The van der Waals surface area contributed by atoms with Gasteiger partial charge in [0.05, 0.1) is 13.2 Å². The normalized spacial score (nSPS) is 14.3. The monoisotopic (exact) mass is 838 g/mol. The van der Waals surface area contributed by atoms with E-state index >= 15 is 0 Å². The number of phosphoric acid groups is 1. The third-order valence-electron chi connectivity index (χ3n) is 9.25. The van der Waals surface area contributed by atoms with E-state index in [1.54, 1.807) is 0 Å². The summed E-state index contributed by atoms with van der Waals surface area (Å²) >= 11 is 0. The van der Waals surface area contributed by atoms with Crippen LogP contribution in [0.2, 0.25) is 0 Å². The van der Waals surface area contributed by atoms with Crippen molar-refractivity contribution in [2.45, 2.75) is 193 Å². The molecule has 0 aliphatic carbocycles. The SMILES string of the molecule is CC/C=C\C/C=C\C/C=C\C/C=C\CCCCC(=O)OC(COC(=O)CCCCCCCCCCC/C=C\CCCCCCCC)COP(=O)(O)OCC(N)C(=O)O.